The van der Waals surface area contributed by atoms with E-state index in [0.717, 1.165) is 0 Å². The van der Waals surface area contributed by atoms with E-state index >= 15 is 0 Å². The Labute approximate surface area is 156 Å². The number of carbonyl (C=O) groups is 2. The highest BCUT2D eigenvalue weighted by Gasteiger charge is 2.44. The minimum Gasteiger partial charge on any atom is -0.481 e. The quantitative estimate of drug-likeness (QED) is 0.867. The van der Waals surface area contributed by atoms with Gasteiger partial charge in [-0.15, -0.1) is 0 Å². The summed E-state index contributed by atoms with van der Waals surface area (Å²) in [7, 11) is 1.46. The van der Waals surface area contributed by atoms with Crippen LogP contribution in [0.2, 0.25) is 0 Å². The zero-order valence-corrected chi connectivity index (χ0v) is 15.3. The summed E-state index contributed by atoms with van der Waals surface area (Å²) in [5.74, 6) is -1.57. The highest BCUT2D eigenvalue weighted by atomic mass is 19.1. The number of carbonyl (C=O) groups excluding carboxylic acids is 1. The lowest BCUT2D eigenvalue weighted by atomic mass is 9.80. The van der Waals surface area contributed by atoms with Gasteiger partial charge in [0.15, 0.2) is 0 Å². The van der Waals surface area contributed by atoms with Crippen molar-refractivity contribution in [2.45, 2.75) is 19.8 Å². The normalized spacial score (nSPS) is 19.9. The summed E-state index contributed by atoms with van der Waals surface area (Å²) in [6.45, 7) is 2.39. The predicted octanol–water partition coefficient (Wildman–Crippen LogP) is 2.27. The number of hydrogen-bond acceptors (Lipinski definition) is 4. The number of halogens is 1. The number of aliphatic carboxylic acids is 1. The number of benzene rings is 1. The first kappa shape index (κ1) is 19.0. The Balaban J connectivity index is 1.86. The standard InChI is InChI=1S/C19H22FN3O4/c1-13-16(10-21-23(13)15-6-4-14(20)5-7-15)17(24)22-9-3-8-19(11-22,12-27-2)18(25)26/h4-7,10H,3,8-9,11-12H2,1-2H3,(H,25,26). The zero-order chi connectivity index (χ0) is 19.6. The molecule has 1 unspecified atom stereocenters. The molecule has 1 saturated heterocycles. The van der Waals surface area contributed by atoms with E-state index in [-0.39, 0.29) is 24.9 Å². The Bertz CT molecular complexity index is 845. The summed E-state index contributed by atoms with van der Waals surface area (Å²) < 4.78 is 19.8. The van der Waals surface area contributed by atoms with E-state index in [4.69, 9.17) is 4.74 Å². The van der Waals surface area contributed by atoms with E-state index in [9.17, 15) is 19.1 Å². The fourth-order valence-corrected chi connectivity index (χ4v) is 3.57. The van der Waals surface area contributed by atoms with Crippen molar-refractivity contribution < 1.29 is 23.8 Å². The van der Waals surface area contributed by atoms with Crippen molar-refractivity contribution in [2.75, 3.05) is 26.8 Å². The van der Waals surface area contributed by atoms with Crippen LogP contribution < -0.4 is 0 Å². The van der Waals surface area contributed by atoms with Crippen molar-refractivity contribution in [3.05, 3.63) is 47.5 Å². The number of nitrogens with zero attached hydrogens (tertiary/aromatic N) is 3. The molecule has 3 rings (SSSR count). The Morgan fingerprint density at radius 2 is 2.04 bits per heavy atom. The van der Waals surface area contributed by atoms with E-state index in [0.29, 0.717) is 36.3 Å². The monoisotopic (exact) mass is 375 g/mol. The number of hydrogen-bond donors (Lipinski definition) is 1. The summed E-state index contributed by atoms with van der Waals surface area (Å²) in [5, 5.41) is 13.9. The molecule has 0 radical (unpaired) electrons. The van der Waals surface area contributed by atoms with Gasteiger partial charge in [0.1, 0.15) is 11.2 Å². The molecule has 0 bridgehead atoms. The number of methoxy groups -OCH3 is 1. The van der Waals surface area contributed by atoms with E-state index in [1.807, 2.05) is 0 Å². The van der Waals surface area contributed by atoms with E-state index in [1.54, 1.807) is 28.6 Å². The highest BCUT2D eigenvalue weighted by molar-refractivity contribution is 5.95. The molecule has 1 amide bonds. The van der Waals surface area contributed by atoms with Crippen molar-refractivity contribution in [1.82, 2.24) is 14.7 Å². The van der Waals surface area contributed by atoms with Crippen molar-refractivity contribution in [3.8, 4) is 5.69 Å². The van der Waals surface area contributed by atoms with Crippen molar-refractivity contribution in [2.24, 2.45) is 5.41 Å². The molecule has 1 N–H and O–H groups in total. The van der Waals surface area contributed by atoms with Crippen LogP contribution in [0.5, 0.6) is 0 Å². The number of carboxylic acid groups (broad SMARTS) is 1. The summed E-state index contributed by atoms with van der Waals surface area (Å²) in [6.07, 6.45) is 2.52. The topological polar surface area (TPSA) is 84.7 Å². The number of aromatic nitrogens is 2. The number of piperidine rings is 1. The molecule has 1 aliphatic rings. The molecule has 2 aromatic rings. The number of ether oxygens (including phenoxy) is 1. The third-order valence-corrected chi connectivity index (χ3v) is 5.05. The van der Waals surface area contributed by atoms with Gasteiger partial charge in [0.2, 0.25) is 0 Å². The van der Waals surface area contributed by atoms with Crippen LogP contribution in [-0.2, 0) is 9.53 Å². The molecule has 0 saturated carbocycles. The smallest absolute Gasteiger partial charge is 0.313 e. The molecule has 1 atom stereocenters. The van der Waals surface area contributed by atoms with Gasteiger partial charge >= 0.3 is 5.97 Å². The van der Waals surface area contributed by atoms with E-state index < -0.39 is 11.4 Å². The average Bonchev–Trinajstić information content (AvgIpc) is 3.03. The minimum absolute atomic E-state index is 0.0555. The highest BCUT2D eigenvalue weighted by Crippen LogP contribution is 2.32. The van der Waals surface area contributed by atoms with E-state index in [1.165, 1.54) is 25.4 Å². The molecular formula is C19H22FN3O4. The van der Waals surface area contributed by atoms with Gasteiger partial charge in [-0.25, -0.2) is 9.07 Å². The molecule has 1 aromatic carbocycles. The summed E-state index contributed by atoms with van der Waals surface area (Å²) in [4.78, 5) is 26.4. The lowest BCUT2D eigenvalue weighted by Gasteiger charge is -2.39. The van der Waals surface area contributed by atoms with Crippen LogP contribution in [0.4, 0.5) is 4.39 Å². The summed E-state index contributed by atoms with van der Waals surface area (Å²) >= 11 is 0. The van der Waals surface area contributed by atoms with Crippen LogP contribution in [0.1, 0.15) is 28.9 Å². The third-order valence-electron chi connectivity index (χ3n) is 5.05. The van der Waals surface area contributed by atoms with Gasteiger partial charge in [-0.2, -0.15) is 5.10 Å². The SMILES string of the molecule is COCC1(C(=O)O)CCCN(C(=O)c2cnn(-c3ccc(F)cc3)c2C)C1. The van der Waals surface area contributed by atoms with Gasteiger partial charge in [0.25, 0.3) is 5.91 Å². The van der Waals surface area contributed by atoms with Crippen LogP contribution in [0.3, 0.4) is 0 Å². The maximum Gasteiger partial charge on any atom is 0.313 e. The predicted molar refractivity (Wildman–Crippen MR) is 95.3 cm³/mol. The van der Waals surface area contributed by atoms with Gasteiger partial charge in [0, 0.05) is 20.2 Å². The Morgan fingerprint density at radius 3 is 2.67 bits per heavy atom. The largest absolute Gasteiger partial charge is 0.481 e. The van der Waals surface area contributed by atoms with Gasteiger partial charge in [0.05, 0.1) is 29.7 Å². The molecule has 8 heteroatoms. The molecule has 0 spiro atoms. The number of carboxylic acids is 1. The molecule has 0 aliphatic carbocycles. The molecule has 7 nitrogen and oxygen atoms in total. The molecule has 27 heavy (non-hydrogen) atoms. The maximum absolute atomic E-state index is 13.1. The van der Waals surface area contributed by atoms with Gasteiger partial charge < -0.3 is 14.7 Å². The second-order valence-electron chi connectivity index (χ2n) is 6.88. The van der Waals surface area contributed by atoms with E-state index in [2.05, 4.69) is 5.10 Å². The van der Waals surface area contributed by atoms with Gasteiger partial charge in [-0.1, -0.05) is 0 Å². The average molecular weight is 375 g/mol. The molecule has 1 aliphatic heterocycles. The lowest BCUT2D eigenvalue weighted by Crippen LogP contribution is -2.52. The minimum atomic E-state index is -1.09. The van der Waals surface area contributed by atoms with Crippen molar-refractivity contribution in [3.63, 3.8) is 0 Å². The van der Waals surface area contributed by atoms with Crippen molar-refractivity contribution in [1.29, 1.82) is 0 Å². The second-order valence-corrected chi connectivity index (χ2v) is 6.88. The fraction of sp³-hybridized carbons (Fsp3) is 0.421. The van der Waals surface area contributed by atoms with Crippen LogP contribution in [0.15, 0.2) is 30.5 Å². The van der Waals surface area contributed by atoms with Crippen LogP contribution in [0, 0.1) is 18.2 Å². The number of amides is 1. The molecule has 144 valence electrons. The lowest BCUT2D eigenvalue weighted by molar-refractivity contribution is -0.155. The van der Waals surface area contributed by atoms with Gasteiger partial charge in [-0.3, -0.25) is 9.59 Å². The maximum atomic E-state index is 13.1. The Kier molecular flexibility index (Phi) is 5.27. The van der Waals surface area contributed by atoms with Crippen LogP contribution in [0.25, 0.3) is 5.69 Å². The Hall–Kier alpha value is -2.74. The first-order valence-corrected chi connectivity index (χ1v) is 8.70. The molecular weight excluding hydrogens is 353 g/mol. The number of likely N-dealkylation sites (tertiary alicyclic amines) is 1. The van der Waals surface area contributed by atoms with Gasteiger partial charge in [-0.05, 0) is 44.0 Å². The van der Waals surface area contributed by atoms with Crippen molar-refractivity contribution >= 4 is 11.9 Å². The first-order valence-electron chi connectivity index (χ1n) is 8.70. The van der Waals surface area contributed by atoms with Crippen LogP contribution >= 0.6 is 0 Å². The third kappa shape index (κ3) is 3.57. The Morgan fingerprint density at radius 1 is 1.33 bits per heavy atom. The van der Waals surface area contributed by atoms with Crippen LogP contribution in [-0.4, -0.2) is 58.5 Å². The zero-order valence-electron chi connectivity index (χ0n) is 15.3. The summed E-state index contributed by atoms with van der Waals surface area (Å²) in [5.41, 5.74) is 0.567. The fourth-order valence-electron chi connectivity index (χ4n) is 3.57. The molecule has 2 heterocycles. The second kappa shape index (κ2) is 7.48. The molecule has 1 fully saturated rings. The molecule has 1 aromatic heterocycles. The summed E-state index contributed by atoms with van der Waals surface area (Å²) in [6, 6.07) is 5.82. The first-order chi connectivity index (χ1) is 12.9. The number of rotatable bonds is 5.